The van der Waals surface area contributed by atoms with Crippen LogP contribution in [0.4, 0.5) is 5.69 Å². The molecule has 2 aromatic rings. The molecule has 2 fully saturated rings. The van der Waals surface area contributed by atoms with E-state index in [1.165, 1.54) is 36.0 Å². The first-order valence-electron chi connectivity index (χ1n) is 10.2. The van der Waals surface area contributed by atoms with E-state index < -0.39 is 0 Å². The highest BCUT2D eigenvalue weighted by molar-refractivity contribution is 8.26. The van der Waals surface area contributed by atoms with Crippen LogP contribution in [0.5, 0.6) is 0 Å². The first-order valence-corrected chi connectivity index (χ1v) is 12.3. The maximum absolute atomic E-state index is 13.0. The summed E-state index contributed by atoms with van der Waals surface area (Å²) in [6, 6.07) is 13.1. The number of thioether (sulfide) groups is 1. The van der Waals surface area contributed by atoms with Gasteiger partial charge in [0.25, 0.3) is 11.6 Å². The lowest BCUT2D eigenvalue weighted by Crippen LogP contribution is -2.39. The van der Waals surface area contributed by atoms with E-state index in [1.807, 2.05) is 37.3 Å². The van der Waals surface area contributed by atoms with E-state index in [0.29, 0.717) is 19.7 Å². The van der Waals surface area contributed by atoms with Crippen LogP contribution in [0.25, 0.3) is 6.08 Å². The molecule has 2 aliphatic rings. The Kier molecular flexibility index (Phi) is 6.79. The van der Waals surface area contributed by atoms with E-state index in [-0.39, 0.29) is 22.6 Å². The van der Waals surface area contributed by atoms with E-state index in [0.717, 1.165) is 36.1 Å². The first-order chi connectivity index (χ1) is 14.9. The molecule has 0 unspecified atom stereocenters. The van der Waals surface area contributed by atoms with Crippen molar-refractivity contribution in [1.29, 1.82) is 0 Å². The van der Waals surface area contributed by atoms with Crippen LogP contribution in [0.15, 0.2) is 57.2 Å². The summed E-state index contributed by atoms with van der Waals surface area (Å²) in [5.74, 6) is -0.0809. The van der Waals surface area contributed by atoms with Gasteiger partial charge < -0.3 is 0 Å². The molecule has 0 atom stereocenters. The average Bonchev–Trinajstić information content (AvgIpc) is 3.04. The number of carbonyl (C=O) groups excluding carboxylic acids is 1. The van der Waals surface area contributed by atoms with Crippen LogP contribution in [0.3, 0.4) is 0 Å². The molecule has 1 heterocycles. The molecule has 0 aromatic heterocycles. The number of hydrogen-bond donors (Lipinski definition) is 0. The normalized spacial score (nSPS) is 18.7. The van der Waals surface area contributed by atoms with E-state index in [9.17, 15) is 14.9 Å². The van der Waals surface area contributed by atoms with E-state index in [1.54, 1.807) is 17.0 Å². The van der Waals surface area contributed by atoms with Crippen molar-refractivity contribution in [3.63, 3.8) is 0 Å². The van der Waals surface area contributed by atoms with Crippen molar-refractivity contribution in [2.45, 2.75) is 54.9 Å². The van der Waals surface area contributed by atoms with E-state index in [2.05, 4.69) is 0 Å². The number of thiocarbonyl (C=S) groups is 1. The van der Waals surface area contributed by atoms with Crippen molar-refractivity contribution < 1.29 is 9.72 Å². The monoisotopic (exact) mass is 470 g/mol. The topological polar surface area (TPSA) is 63.5 Å². The number of nitro groups is 1. The van der Waals surface area contributed by atoms with Gasteiger partial charge in [-0.2, -0.15) is 0 Å². The molecule has 0 spiro atoms. The second kappa shape index (κ2) is 9.54. The third-order valence-corrected chi connectivity index (χ3v) is 7.89. The molecule has 31 heavy (non-hydrogen) atoms. The minimum atomic E-state index is -0.374. The van der Waals surface area contributed by atoms with Gasteiger partial charge in [0.1, 0.15) is 4.32 Å². The van der Waals surface area contributed by atoms with Gasteiger partial charge >= 0.3 is 0 Å². The number of nitro benzene ring substituents is 1. The molecule has 1 saturated heterocycles. The Morgan fingerprint density at radius 2 is 1.87 bits per heavy atom. The summed E-state index contributed by atoms with van der Waals surface area (Å²) < 4.78 is 0.587. The maximum atomic E-state index is 13.0. The number of nitrogens with zero attached hydrogens (tertiary/aromatic N) is 2. The zero-order valence-electron chi connectivity index (χ0n) is 17.1. The molecule has 0 N–H and O–H groups in total. The molecule has 160 valence electrons. The molecule has 4 rings (SSSR count). The van der Waals surface area contributed by atoms with Crippen LogP contribution >= 0.6 is 35.7 Å². The SMILES string of the molecule is Cc1ccc(Sc2ccc(/C=C3/SC(=S)N(C4CCCCC4)C3=O)cc2[N+](=O)[O-])cc1. The van der Waals surface area contributed by atoms with Crippen LogP contribution in [0, 0.1) is 17.0 Å². The van der Waals surface area contributed by atoms with Gasteiger partial charge in [-0.05, 0) is 49.6 Å². The highest BCUT2D eigenvalue weighted by atomic mass is 32.2. The van der Waals surface area contributed by atoms with Gasteiger partial charge in [-0.3, -0.25) is 19.8 Å². The van der Waals surface area contributed by atoms with Gasteiger partial charge in [0.2, 0.25) is 0 Å². The van der Waals surface area contributed by atoms with Crippen LogP contribution < -0.4 is 0 Å². The van der Waals surface area contributed by atoms with Crippen LogP contribution in [0.2, 0.25) is 0 Å². The van der Waals surface area contributed by atoms with Crippen LogP contribution in [-0.2, 0) is 4.79 Å². The van der Waals surface area contributed by atoms with Gasteiger partial charge in [-0.25, -0.2) is 0 Å². The molecule has 0 bridgehead atoms. The lowest BCUT2D eigenvalue weighted by atomic mass is 9.94. The highest BCUT2D eigenvalue weighted by Gasteiger charge is 2.37. The average molecular weight is 471 g/mol. The Bertz CT molecular complexity index is 1060. The predicted octanol–water partition coefficient (Wildman–Crippen LogP) is 6.59. The third kappa shape index (κ3) is 5.02. The molecule has 0 radical (unpaired) electrons. The summed E-state index contributed by atoms with van der Waals surface area (Å²) in [6.07, 6.45) is 7.12. The quantitative estimate of drug-likeness (QED) is 0.213. The fraction of sp³-hybridized carbons (Fsp3) is 0.304. The number of hydrogen-bond acceptors (Lipinski definition) is 6. The van der Waals surface area contributed by atoms with Crippen molar-refractivity contribution in [2.24, 2.45) is 0 Å². The Hall–Kier alpha value is -2.16. The van der Waals surface area contributed by atoms with Crippen molar-refractivity contribution in [2.75, 3.05) is 0 Å². The number of aryl methyl sites for hydroxylation is 1. The molecular weight excluding hydrogens is 448 g/mol. The van der Waals surface area contributed by atoms with Gasteiger partial charge in [-0.15, -0.1) is 0 Å². The third-order valence-electron chi connectivity index (χ3n) is 5.49. The molecule has 5 nitrogen and oxygen atoms in total. The molecule has 8 heteroatoms. The largest absolute Gasteiger partial charge is 0.290 e. The fourth-order valence-corrected chi connectivity index (χ4v) is 6.17. The van der Waals surface area contributed by atoms with Gasteiger partial charge in [0.05, 0.1) is 14.7 Å². The van der Waals surface area contributed by atoms with Crippen molar-refractivity contribution in [3.8, 4) is 0 Å². The smallest absolute Gasteiger partial charge is 0.283 e. The molecule has 1 aliphatic carbocycles. The molecule has 1 amide bonds. The number of amides is 1. The second-order valence-corrected chi connectivity index (χ2v) is 10.5. The number of benzene rings is 2. The standard InChI is InChI=1S/C23H22N2O3S3/c1-15-7-10-18(11-8-15)30-20-12-9-16(13-19(20)25(27)28)14-21-22(26)24(23(29)31-21)17-5-3-2-4-6-17/h7-14,17H,2-6H2,1H3/b21-14+. The Morgan fingerprint density at radius 1 is 1.16 bits per heavy atom. The van der Waals surface area contributed by atoms with E-state index >= 15 is 0 Å². The predicted molar refractivity (Wildman–Crippen MR) is 130 cm³/mol. The second-order valence-electron chi connectivity index (χ2n) is 7.74. The van der Waals surface area contributed by atoms with E-state index in [4.69, 9.17) is 12.2 Å². The maximum Gasteiger partial charge on any atom is 0.283 e. The number of carbonyl (C=O) groups is 1. The Labute approximate surface area is 195 Å². The van der Waals surface area contributed by atoms with Gasteiger partial charge in [-0.1, -0.05) is 78.8 Å². The minimum Gasteiger partial charge on any atom is -0.290 e. The molecular formula is C23H22N2O3S3. The fourth-order valence-electron chi connectivity index (χ4n) is 3.87. The summed E-state index contributed by atoms with van der Waals surface area (Å²) in [4.78, 5) is 28.1. The lowest BCUT2D eigenvalue weighted by Gasteiger charge is -2.29. The zero-order chi connectivity index (χ0) is 22.0. The highest BCUT2D eigenvalue weighted by Crippen LogP contribution is 2.39. The summed E-state index contributed by atoms with van der Waals surface area (Å²) in [7, 11) is 0. The molecule has 2 aromatic carbocycles. The number of rotatable bonds is 5. The van der Waals surface area contributed by atoms with Crippen molar-refractivity contribution in [1.82, 2.24) is 4.90 Å². The summed E-state index contributed by atoms with van der Waals surface area (Å²) in [5, 5.41) is 11.7. The summed E-state index contributed by atoms with van der Waals surface area (Å²) in [5.41, 5.74) is 1.80. The first kappa shape index (κ1) is 22.0. The molecule has 1 saturated carbocycles. The van der Waals surface area contributed by atoms with Crippen molar-refractivity contribution >= 4 is 57.7 Å². The van der Waals surface area contributed by atoms with Gasteiger partial charge in [0.15, 0.2) is 0 Å². The minimum absolute atomic E-state index is 0.0297. The summed E-state index contributed by atoms with van der Waals surface area (Å²) >= 11 is 8.12. The summed E-state index contributed by atoms with van der Waals surface area (Å²) in [6.45, 7) is 2.00. The van der Waals surface area contributed by atoms with Gasteiger partial charge in [0, 0.05) is 17.0 Å². The Morgan fingerprint density at radius 3 is 2.55 bits per heavy atom. The zero-order valence-corrected chi connectivity index (χ0v) is 19.5. The Balaban J connectivity index is 1.58. The molecule has 1 aliphatic heterocycles. The van der Waals surface area contributed by atoms with Crippen LogP contribution in [0.1, 0.15) is 43.2 Å². The lowest BCUT2D eigenvalue weighted by molar-refractivity contribution is -0.387. The van der Waals surface area contributed by atoms with Crippen LogP contribution in [-0.4, -0.2) is 26.1 Å². The van der Waals surface area contributed by atoms with Crippen molar-refractivity contribution in [3.05, 3.63) is 68.6 Å².